The Morgan fingerprint density at radius 1 is 1.29 bits per heavy atom. The average molecular weight is 193 g/mol. The molecule has 4 nitrogen and oxygen atoms in total. The molecule has 1 saturated heterocycles. The van der Waals surface area contributed by atoms with Gasteiger partial charge < -0.3 is 15.2 Å². The van der Waals surface area contributed by atoms with Gasteiger partial charge in [0.25, 0.3) is 0 Å². The Labute approximate surface area is 81.6 Å². The van der Waals surface area contributed by atoms with Gasteiger partial charge in [0.1, 0.15) is 6.61 Å². The summed E-state index contributed by atoms with van der Waals surface area (Å²) in [6.45, 7) is 0.459. The summed E-state index contributed by atoms with van der Waals surface area (Å²) in [6, 6.07) is 7.22. The molecule has 0 aromatic heterocycles. The molecule has 0 bridgehead atoms. The molecule has 0 spiro atoms. The highest BCUT2D eigenvalue weighted by Gasteiger charge is 2.22. The van der Waals surface area contributed by atoms with Gasteiger partial charge in [-0.2, -0.15) is 0 Å². The molecule has 1 aliphatic heterocycles. The number of benzene rings is 1. The number of carbonyl (C=O) groups excluding carboxylic acids is 1. The third-order valence-electron chi connectivity index (χ3n) is 2.07. The summed E-state index contributed by atoms with van der Waals surface area (Å²) in [5.41, 5.74) is 7.15. The Hall–Kier alpha value is -1.55. The monoisotopic (exact) mass is 193 g/mol. The lowest BCUT2D eigenvalue weighted by Gasteiger charge is -2.22. The minimum absolute atomic E-state index is 0.0471. The Bertz CT molecular complexity index is 334. The maximum absolute atomic E-state index is 10.9. The lowest BCUT2D eigenvalue weighted by molar-refractivity contribution is -0.170. The third-order valence-corrected chi connectivity index (χ3v) is 2.07. The van der Waals surface area contributed by atoms with Crippen LogP contribution in [0, 0.1) is 0 Å². The van der Waals surface area contributed by atoms with Gasteiger partial charge in [-0.15, -0.1) is 0 Å². The molecule has 0 amide bonds. The minimum atomic E-state index is -0.321. The molecule has 1 unspecified atom stereocenters. The van der Waals surface area contributed by atoms with Crippen LogP contribution in [-0.2, 0) is 14.3 Å². The van der Waals surface area contributed by atoms with E-state index in [4.69, 9.17) is 15.2 Å². The number of nitrogens with two attached hydrogens (primary N) is 1. The van der Waals surface area contributed by atoms with Crippen molar-refractivity contribution in [2.45, 2.75) is 6.10 Å². The highest BCUT2D eigenvalue weighted by Crippen LogP contribution is 2.21. The van der Waals surface area contributed by atoms with Crippen molar-refractivity contribution in [3.05, 3.63) is 29.8 Å². The Morgan fingerprint density at radius 3 is 2.64 bits per heavy atom. The first-order valence-electron chi connectivity index (χ1n) is 4.38. The molecule has 1 aromatic carbocycles. The van der Waals surface area contributed by atoms with E-state index in [1.807, 2.05) is 12.1 Å². The highest BCUT2D eigenvalue weighted by atomic mass is 16.6. The first-order valence-corrected chi connectivity index (χ1v) is 4.38. The van der Waals surface area contributed by atoms with E-state index < -0.39 is 0 Å². The van der Waals surface area contributed by atoms with Crippen molar-refractivity contribution >= 4 is 11.7 Å². The molecule has 1 aromatic rings. The van der Waals surface area contributed by atoms with Crippen molar-refractivity contribution in [1.82, 2.24) is 0 Å². The molecule has 0 saturated carbocycles. The van der Waals surface area contributed by atoms with E-state index in [0.717, 1.165) is 5.56 Å². The van der Waals surface area contributed by atoms with E-state index >= 15 is 0 Å². The molecular formula is C10H11NO3. The van der Waals surface area contributed by atoms with Crippen LogP contribution in [0.3, 0.4) is 0 Å². The van der Waals surface area contributed by atoms with Crippen LogP contribution in [0.2, 0.25) is 0 Å². The van der Waals surface area contributed by atoms with Crippen LogP contribution in [0.15, 0.2) is 24.3 Å². The van der Waals surface area contributed by atoms with Crippen LogP contribution >= 0.6 is 0 Å². The topological polar surface area (TPSA) is 61.5 Å². The number of nitrogen functional groups attached to an aromatic ring is 1. The summed E-state index contributed by atoms with van der Waals surface area (Å²) in [4.78, 5) is 10.9. The molecule has 2 N–H and O–H groups in total. The molecule has 0 radical (unpaired) electrons. The number of anilines is 1. The van der Waals surface area contributed by atoms with Gasteiger partial charge in [0.2, 0.25) is 0 Å². The van der Waals surface area contributed by atoms with Gasteiger partial charge in [0.05, 0.1) is 6.61 Å². The van der Waals surface area contributed by atoms with E-state index in [0.29, 0.717) is 12.3 Å². The summed E-state index contributed by atoms with van der Waals surface area (Å²) < 4.78 is 10.2. The number of carbonyl (C=O) groups is 1. The van der Waals surface area contributed by atoms with Crippen LogP contribution < -0.4 is 5.73 Å². The largest absolute Gasteiger partial charge is 0.453 e. The second-order valence-corrected chi connectivity index (χ2v) is 3.16. The molecule has 1 fully saturated rings. The van der Waals surface area contributed by atoms with Crippen molar-refractivity contribution in [2.75, 3.05) is 18.9 Å². The van der Waals surface area contributed by atoms with Crippen LogP contribution in [-0.4, -0.2) is 19.2 Å². The van der Waals surface area contributed by atoms with Gasteiger partial charge in [0, 0.05) is 5.69 Å². The third kappa shape index (κ3) is 1.85. The smallest absolute Gasteiger partial charge is 0.332 e. The van der Waals surface area contributed by atoms with Crippen molar-refractivity contribution in [1.29, 1.82) is 0 Å². The molecule has 14 heavy (non-hydrogen) atoms. The van der Waals surface area contributed by atoms with Gasteiger partial charge >= 0.3 is 5.97 Å². The molecular weight excluding hydrogens is 182 g/mol. The number of hydrogen-bond acceptors (Lipinski definition) is 4. The van der Waals surface area contributed by atoms with Crippen molar-refractivity contribution < 1.29 is 14.3 Å². The lowest BCUT2D eigenvalue weighted by atomic mass is 10.1. The predicted octanol–water partition coefficient (Wildman–Crippen LogP) is 0.883. The molecule has 1 aliphatic rings. The van der Waals surface area contributed by atoms with Gasteiger partial charge in [-0.05, 0) is 17.7 Å². The minimum Gasteiger partial charge on any atom is -0.453 e. The van der Waals surface area contributed by atoms with Gasteiger partial charge in [-0.3, -0.25) is 0 Å². The van der Waals surface area contributed by atoms with E-state index in [1.165, 1.54) is 0 Å². The maximum atomic E-state index is 10.9. The molecule has 2 rings (SSSR count). The Kier molecular flexibility index (Phi) is 2.37. The molecule has 4 heteroatoms. The number of ether oxygens (including phenoxy) is 2. The fourth-order valence-corrected chi connectivity index (χ4v) is 1.35. The van der Waals surface area contributed by atoms with Crippen LogP contribution in [0.25, 0.3) is 0 Å². The first kappa shape index (κ1) is 9.02. The van der Waals surface area contributed by atoms with E-state index in [9.17, 15) is 4.79 Å². The van der Waals surface area contributed by atoms with Crippen LogP contribution in [0.4, 0.5) is 5.69 Å². The number of cyclic esters (lactones) is 1. The van der Waals surface area contributed by atoms with Gasteiger partial charge in [-0.25, -0.2) is 4.79 Å². The van der Waals surface area contributed by atoms with Crippen LogP contribution in [0.5, 0.6) is 0 Å². The standard InChI is InChI=1S/C10H11NO3/c11-8-3-1-7(2-4-8)9-5-13-6-10(12)14-9/h1-4,9H,5-6,11H2. The predicted molar refractivity (Wildman–Crippen MR) is 50.5 cm³/mol. The molecule has 0 aliphatic carbocycles. The summed E-state index contributed by atoms with van der Waals surface area (Å²) in [7, 11) is 0. The number of rotatable bonds is 1. The second kappa shape index (κ2) is 3.67. The summed E-state index contributed by atoms with van der Waals surface area (Å²) in [5.74, 6) is -0.321. The SMILES string of the molecule is Nc1ccc(C2COCC(=O)O2)cc1. The van der Waals surface area contributed by atoms with E-state index in [2.05, 4.69) is 0 Å². The Morgan fingerprint density at radius 2 is 2.00 bits per heavy atom. The second-order valence-electron chi connectivity index (χ2n) is 3.16. The number of esters is 1. The lowest BCUT2D eigenvalue weighted by Crippen LogP contribution is -2.26. The van der Waals surface area contributed by atoms with Crippen molar-refractivity contribution in [3.8, 4) is 0 Å². The fraction of sp³-hybridized carbons (Fsp3) is 0.300. The zero-order valence-corrected chi connectivity index (χ0v) is 7.60. The molecule has 1 atom stereocenters. The fourth-order valence-electron chi connectivity index (χ4n) is 1.35. The molecule has 1 heterocycles. The quantitative estimate of drug-likeness (QED) is 0.531. The normalized spacial score (nSPS) is 21.7. The average Bonchev–Trinajstić information content (AvgIpc) is 2.19. The highest BCUT2D eigenvalue weighted by molar-refractivity contribution is 5.71. The van der Waals surface area contributed by atoms with Crippen molar-refractivity contribution in [3.63, 3.8) is 0 Å². The Balaban J connectivity index is 2.14. The summed E-state index contributed by atoms with van der Waals surface area (Å²) in [5, 5.41) is 0. The summed E-state index contributed by atoms with van der Waals surface area (Å²) >= 11 is 0. The summed E-state index contributed by atoms with van der Waals surface area (Å²) in [6.07, 6.45) is -0.295. The van der Waals surface area contributed by atoms with E-state index in [-0.39, 0.29) is 18.7 Å². The van der Waals surface area contributed by atoms with Crippen molar-refractivity contribution in [2.24, 2.45) is 0 Å². The zero-order chi connectivity index (χ0) is 9.97. The van der Waals surface area contributed by atoms with Gasteiger partial charge in [0.15, 0.2) is 6.10 Å². The first-order chi connectivity index (χ1) is 6.75. The van der Waals surface area contributed by atoms with E-state index in [1.54, 1.807) is 12.1 Å². The zero-order valence-electron chi connectivity index (χ0n) is 7.60. The maximum Gasteiger partial charge on any atom is 0.332 e. The van der Waals surface area contributed by atoms with Crippen LogP contribution in [0.1, 0.15) is 11.7 Å². The number of hydrogen-bond donors (Lipinski definition) is 1. The van der Waals surface area contributed by atoms with Gasteiger partial charge in [-0.1, -0.05) is 12.1 Å². The molecule has 74 valence electrons.